The lowest BCUT2D eigenvalue weighted by molar-refractivity contribution is 1.07. The fraction of sp³-hybridized carbons (Fsp3) is 0.308. The molecule has 0 spiro atoms. The molecule has 0 saturated carbocycles. The molecule has 90 valence electrons. The summed E-state index contributed by atoms with van der Waals surface area (Å²) in [4.78, 5) is 4.60. The van der Waals surface area contributed by atoms with Crippen molar-refractivity contribution < 1.29 is 0 Å². The van der Waals surface area contributed by atoms with Gasteiger partial charge in [-0.25, -0.2) is 0 Å². The lowest BCUT2D eigenvalue weighted by Gasteiger charge is -2.14. The third-order valence-corrected chi connectivity index (χ3v) is 3.67. The first-order chi connectivity index (χ1) is 8.08. The van der Waals surface area contributed by atoms with Crippen molar-refractivity contribution >= 4 is 44.1 Å². The Morgan fingerprint density at radius 2 is 2.12 bits per heavy atom. The van der Waals surface area contributed by atoms with Crippen molar-refractivity contribution in [1.29, 1.82) is 0 Å². The Hall–Kier alpha value is -0.800. The monoisotopic (exact) mass is 312 g/mol. The van der Waals surface area contributed by atoms with Crippen molar-refractivity contribution in [3.05, 3.63) is 32.9 Å². The smallest absolute Gasteiger partial charge is 0.0913 e. The van der Waals surface area contributed by atoms with Gasteiger partial charge in [0.25, 0.3) is 0 Å². The van der Waals surface area contributed by atoms with Crippen LogP contribution >= 0.6 is 27.5 Å². The number of nitrogens with zero attached hydrogens (tertiary/aromatic N) is 1. The van der Waals surface area contributed by atoms with Crippen molar-refractivity contribution in [2.75, 3.05) is 12.4 Å². The van der Waals surface area contributed by atoms with Gasteiger partial charge in [0.15, 0.2) is 0 Å². The Balaban J connectivity index is 2.93. The second-order valence-electron chi connectivity index (χ2n) is 3.94. The van der Waals surface area contributed by atoms with Gasteiger partial charge in [-0.3, -0.25) is 4.98 Å². The number of aromatic nitrogens is 1. The first-order valence-corrected chi connectivity index (χ1v) is 6.71. The van der Waals surface area contributed by atoms with E-state index in [0.717, 1.165) is 33.2 Å². The lowest BCUT2D eigenvalue weighted by Crippen LogP contribution is -2.01. The normalized spacial score (nSPS) is 10.9. The molecule has 1 aromatic heterocycles. The molecule has 0 aliphatic carbocycles. The van der Waals surface area contributed by atoms with Crippen LogP contribution in [0.5, 0.6) is 0 Å². The van der Waals surface area contributed by atoms with Gasteiger partial charge in [-0.1, -0.05) is 34.5 Å². The Kier molecular flexibility index (Phi) is 3.59. The quantitative estimate of drug-likeness (QED) is 0.879. The van der Waals surface area contributed by atoms with E-state index in [0.29, 0.717) is 5.02 Å². The molecule has 2 aromatic rings. The van der Waals surface area contributed by atoms with Gasteiger partial charge >= 0.3 is 0 Å². The summed E-state index contributed by atoms with van der Waals surface area (Å²) in [5, 5.41) is 5.01. The molecule has 0 fully saturated rings. The van der Waals surface area contributed by atoms with Gasteiger partial charge in [-0.05, 0) is 31.0 Å². The van der Waals surface area contributed by atoms with E-state index in [9.17, 15) is 0 Å². The van der Waals surface area contributed by atoms with Gasteiger partial charge in [-0.15, -0.1) is 0 Å². The molecule has 0 aliphatic heterocycles. The number of halogens is 2. The van der Waals surface area contributed by atoms with Crippen LogP contribution in [0.25, 0.3) is 10.9 Å². The summed E-state index contributed by atoms with van der Waals surface area (Å²) in [6, 6.07) is 3.93. The third-order valence-electron chi connectivity index (χ3n) is 2.92. The molecular formula is C13H14BrClN2. The highest BCUT2D eigenvalue weighted by molar-refractivity contribution is 9.10. The van der Waals surface area contributed by atoms with E-state index < -0.39 is 0 Å². The minimum atomic E-state index is 0.677. The van der Waals surface area contributed by atoms with Crippen LogP contribution in [0.15, 0.2) is 16.6 Å². The summed E-state index contributed by atoms with van der Waals surface area (Å²) in [6.45, 7) is 4.16. The van der Waals surface area contributed by atoms with E-state index in [4.69, 9.17) is 11.6 Å². The average Bonchev–Trinajstić information content (AvgIpc) is 2.28. The largest absolute Gasteiger partial charge is 0.387 e. The predicted molar refractivity (Wildman–Crippen MR) is 78.1 cm³/mol. The Morgan fingerprint density at radius 3 is 2.71 bits per heavy atom. The number of hydrogen-bond acceptors (Lipinski definition) is 2. The summed E-state index contributed by atoms with van der Waals surface area (Å²) in [7, 11) is 1.93. The summed E-state index contributed by atoms with van der Waals surface area (Å²) in [6.07, 6.45) is 0.953. The van der Waals surface area contributed by atoms with Crippen LogP contribution in [0.4, 0.5) is 5.69 Å². The topological polar surface area (TPSA) is 24.9 Å². The summed E-state index contributed by atoms with van der Waals surface area (Å²) in [5.41, 5.74) is 4.26. The van der Waals surface area contributed by atoms with E-state index in [1.807, 2.05) is 20.0 Å². The predicted octanol–water partition coefficient (Wildman–Crippen LogP) is 4.56. The number of nitrogens with one attached hydrogen (secondary N) is 1. The van der Waals surface area contributed by atoms with Crippen LogP contribution in [0, 0.1) is 6.92 Å². The molecule has 0 radical (unpaired) electrons. The molecule has 0 bridgehead atoms. The zero-order valence-corrected chi connectivity index (χ0v) is 12.4. The molecule has 1 aromatic carbocycles. The summed E-state index contributed by atoms with van der Waals surface area (Å²) < 4.78 is 0.971. The zero-order valence-electron chi connectivity index (χ0n) is 10.1. The van der Waals surface area contributed by atoms with E-state index in [-0.39, 0.29) is 0 Å². The fourth-order valence-corrected chi connectivity index (χ4v) is 3.02. The molecule has 17 heavy (non-hydrogen) atoms. The Labute approximate surface area is 115 Å². The SMILES string of the molecule is CCc1c(C)nc2c(Cl)cc(Br)cc2c1NC. The van der Waals surface area contributed by atoms with Crippen molar-refractivity contribution in [2.24, 2.45) is 0 Å². The molecule has 2 nitrogen and oxygen atoms in total. The number of fused-ring (bicyclic) bond motifs is 1. The standard InChI is InChI=1S/C13H14BrClN2/c1-4-9-7(2)17-13-10(12(9)16-3)5-8(14)6-11(13)15/h5-6H,4H2,1-3H3,(H,16,17). The second-order valence-corrected chi connectivity index (χ2v) is 5.26. The minimum Gasteiger partial charge on any atom is -0.387 e. The van der Waals surface area contributed by atoms with Gasteiger partial charge in [0, 0.05) is 28.3 Å². The summed E-state index contributed by atoms with van der Waals surface area (Å²) in [5.74, 6) is 0. The fourth-order valence-electron chi connectivity index (χ4n) is 2.17. The number of rotatable bonds is 2. The van der Waals surface area contributed by atoms with E-state index in [1.165, 1.54) is 5.56 Å². The van der Waals surface area contributed by atoms with Crippen LogP contribution < -0.4 is 5.32 Å². The molecule has 0 atom stereocenters. The van der Waals surface area contributed by atoms with Gasteiger partial charge in [0.05, 0.1) is 10.5 Å². The number of anilines is 1. The number of benzene rings is 1. The summed E-state index contributed by atoms with van der Waals surface area (Å²) >= 11 is 9.71. The molecular weight excluding hydrogens is 300 g/mol. The van der Waals surface area contributed by atoms with Gasteiger partial charge in [0.1, 0.15) is 0 Å². The maximum Gasteiger partial charge on any atom is 0.0913 e. The number of hydrogen-bond donors (Lipinski definition) is 1. The molecule has 0 aliphatic rings. The van der Waals surface area contributed by atoms with Crippen LogP contribution in [-0.4, -0.2) is 12.0 Å². The Bertz CT molecular complexity index is 581. The lowest BCUT2D eigenvalue weighted by atomic mass is 10.0. The highest BCUT2D eigenvalue weighted by Gasteiger charge is 2.13. The highest BCUT2D eigenvalue weighted by atomic mass is 79.9. The molecule has 4 heteroatoms. The Morgan fingerprint density at radius 1 is 1.41 bits per heavy atom. The number of pyridine rings is 1. The van der Waals surface area contributed by atoms with Gasteiger partial charge in [-0.2, -0.15) is 0 Å². The maximum atomic E-state index is 6.24. The van der Waals surface area contributed by atoms with Crippen molar-refractivity contribution in [1.82, 2.24) is 4.98 Å². The molecule has 1 heterocycles. The van der Waals surface area contributed by atoms with Gasteiger partial charge in [0.2, 0.25) is 0 Å². The molecule has 0 saturated heterocycles. The van der Waals surface area contributed by atoms with E-state index in [2.05, 4.69) is 39.2 Å². The van der Waals surface area contributed by atoms with Crippen LogP contribution in [-0.2, 0) is 6.42 Å². The zero-order chi connectivity index (χ0) is 12.6. The van der Waals surface area contributed by atoms with Crippen molar-refractivity contribution in [2.45, 2.75) is 20.3 Å². The van der Waals surface area contributed by atoms with Crippen molar-refractivity contribution in [3.63, 3.8) is 0 Å². The van der Waals surface area contributed by atoms with E-state index >= 15 is 0 Å². The highest BCUT2D eigenvalue weighted by Crippen LogP contribution is 2.34. The maximum absolute atomic E-state index is 6.24. The first-order valence-electron chi connectivity index (χ1n) is 5.54. The third kappa shape index (κ3) is 2.14. The first kappa shape index (κ1) is 12.7. The van der Waals surface area contributed by atoms with Crippen molar-refractivity contribution in [3.8, 4) is 0 Å². The molecule has 0 amide bonds. The van der Waals surface area contributed by atoms with Crippen LogP contribution in [0.2, 0.25) is 5.02 Å². The average molecular weight is 314 g/mol. The van der Waals surface area contributed by atoms with Crippen LogP contribution in [0.3, 0.4) is 0 Å². The molecule has 1 N–H and O–H groups in total. The minimum absolute atomic E-state index is 0.677. The van der Waals surface area contributed by atoms with Crippen LogP contribution in [0.1, 0.15) is 18.2 Å². The number of aryl methyl sites for hydroxylation is 1. The second kappa shape index (κ2) is 4.83. The molecule has 0 unspecified atom stereocenters. The molecule has 2 rings (SSSR count). The van der Waals surface area contributed by atoms with Gasteiger partial charge < -0.3 is 5.32 Å². The van der Waals surface area contributed by atoms with E-state index in [1.54, 1.807) is 0 Å².